The lowest BCUT2D eigenvalue weighted by molar-refractivity contribution is -0.145. The highest BCUT2D eigenvalue weighted by atomic mass is 16.5. The summed E-state index contributed by atoms with van der Waals surface area (Å²) in [6, 6.07) is 4.48. The molecule has 1 aromatic rings. The molecule has 1 aromatic carbocycles. The van der Waals surface area contributed by atoms with Crippen LogP contribution in [0.1, 0.15) is 70.4 Å². The molecule has 2 N–H and O–H groups in total. The van der Waals surface area contributed by atoms with Crippen LogP contribution in [0.3, 0.4) is 0 Å². The number of rotatable bonds is 7. The van der Waals surface area contributed by atoms with E-state index in [1.54, 1.807) is 20.1 Å². The fraction of sp³-hybridized carbons (Fsp3) is 0.565. The smallest absolute Gasteiger partial charge is 0.338 e. The number of amides is 2. The van der Waals surface area contributed by atoms with Crippen LogP contribution in [0, 0.1) is 0 Å². The summed E-state index contributed by atoms with van der Waals surface area (Å²) in [5.74, 6) is 0.802. The Balaban J connectivity index is 1.86. The molecule has 30 heavy (non-hydrogen) atoms. The van der Waals surface area contributed by atoms with Crippen LogP contribution in [0.5, 0.6) is 11.5 Å². The van der Waals surface area contributed by atoms with Gasteiger partial charge in [-0.2, -0.15) is 0 Å². The van der Waals surface area contributed by atoms with Gasteiger partial charge in [-0.05, 0) is 56.7 Å². The third-order valence-corrected chi connectivity index (χ3v) is 5.55. The number of benzene rings is 1. The van der Waals surface area contributed by atoms with Gasteiger partial charge in [0.2, 0.25) is 0 Å². The predicted octanol–water partition coefficient (Wildman–Crippen LogP) is 4.38. The van der Waals surface area contributed by atoms with E-state index in [0.717, 1.165) is 37.7 Å². The average molecular weight is 417 g/mol. The van der Waals surface area contributed by atoms with E-state index < -0.39 is 6.04 Å². The number of esters is 1. The number of hydrogen-bond acceptors (Lipinski definition) is 5. The van der Waals surface area contributed by atoms with E-state index in [0.29, 0.717) is 29.4 Å². The Hall–Kier alpha value is -2.70. The zero-order chi connectivity index (χ0) is 21.5. The Labute approximate surface area is 178 Å². The first kappa shape index (κ1) is 22.0. The van der Waals surface area contributed by atoms with Gasteiger partial charge < -0.3 is 24.8 Å². The van der Waals surface area contributed by atoms with Gasteiger partial charge >= 0.3 is 12.0 Å². The molecule has 164 valence electrons. The zero-order valence-electron chi connectivity index (χ0n) is 18.1. The summed E-state index contributed by atoms with van der Waals surface area (Å²) < 4.78 is 17.1. The van der Waals surface area contributed by atoms with E-state index in [9.17, 15) is 9.59 Å². The molecule has 0 bridgehead atoms. The molecule has 2 amide bonds. The molecule has 0 aromatic heterocycles. The number of nitrogens with one attached hydrogen (secondary N) is 2. The standard InChI is InChI=1S/C23H32N2O5/c1-4-13-29-18-12-11-16(14-19(18)28-3)21-20(15(2)24-23(27)25-21)22(26)30-17-9-7-5-6-8-10-17/h11-12,14,17,21H,4-10,13H2,1-3H3,(H2,24,25,27)/t21-/m1/s1. The second-order valence-corrected chi connectivity index (χ2v) is 7.85. The summed E-state index contributed by atoms with van der Waals surface area (Å²) in [5, 5.41) is 5.55. The average Bonchev–Trinajstić information content (AvgIpc) is 3.00. The first-order valence-electron chi connectivity index (χ1n) is 10.8. The second-order valence-electron chi connectivity index (χ2n) is 7.85. The van der Waals surface area contributed by atoms with Crippen molar-refractivity contribution in [3.63, 3.8) is 0 Å². The van der Waals surface area contributed by atoms with Crippen LogP contribution in [0.15, 0.2) is 29.5 Å². The van der Waals surface area contributed by atoms with Crippen LogP contribution in [0.4, 0.5) is 4.79 Å². The van der Waals surface area contributed by atoms with Gasteiger partial charge in [-0.15, -0.1) is 0 Å². The normalized spacial score (nSPS) is 20.1. The summed E-state index contributed by atoms with van der Waals surface area (Å²) in [6.07, 6.45) is 7.10. The maximum absolute atomic E-state index is 13.1. The minimum absolute atomic E-state index is 0.0714. The number of methoxy groups -OCH3 is 1. The Morgan fingerprint density at radius 3 is 2.53 bits per heavy atom. The Morgan fingerprint density at radius 2 is 1.87 bits per heavy atom. The van der Waals surface area contributed by atoms with Crippen molar-refractivity contribution in [2.45, 2.75) is 70.9 Å². The van der Waals surface area contributed by atoms with Crippen molar-refractivity contribution in [3.05, 3.63) is 35.0 Å². The maximum atomic E-state index is 13.1. The zero-order valence-corrected chi connectivity index (χ0v) is 18.1. The molecular weight excluding hydrogens is 384 g/mol. The van der Waals surface area contributed by atoms with Gasteiger partial charge in [0.25, 0.3) is 0 Å². The Bertz CT molecular complexity index is 797. The van der Waals surface area contributed by atoms with E-state index in [1.807, 2.05) is 19.1 Å². The fourth-order valence-corrected chi connectivity index (χ4v) is 3.98. The van der Waals surface area contributed by atoms with Gasteiger partial charge in [-0.3, -0.25) is 0 Å². The largest absolute Gasteiger partial charge is 0.493 e. The van der Waals surface area contributed by atoms with Gasteiger partial charge in [0, 0.05) is 5.70 Å². The third kappa shape index (κ3) is 5.26. The summed E-state index contributed by atoms with van der Waals surface area (Å²) >= 11 is 0. The summed E-state index contributed by atoms with van der Waals surface area (Å²) in [6.45, 7) is 4.34. The van der Waals surface area contributed by atoms with Gasteiger partial charge in [0.05, 0.1) is 25.3 Å². The SMILES string of the molecule is CCCOc1ccc([C@H]2NC(=O)NC(C)=C2C(=O)OC2CCCCCC2)cc1OC. The minimum atomic E-state index is -0.619. The van der Waals surface area contributed by atoms with Crippen molar-refractivity contribution < 1.29 is 23.8 Å². The molecule has 7 nitrogen and oxygen atoms in total. The molecule has 1 heterocycles. The summed E-state index contributed by atoms with van der Waals surface area (Å²) in [7, 11) is 1.57. The monoisotopic (exact) mass is 416 g/mol. The Kier molecular flexibility index (Phi) is 7.60. The van der Waals surface area contributed by atoms with Gasteiger partial charge in [-0.1, -0.05) is 25.8 Å². The number of hydrogen-bond donors (Lipinski definition) is 2. The lowest BCUT2D eigenvalue weighted by Crippen LogP contribution is -2.45. The summed E-state index contributed by atoms with van der Waals surface area (Å²) in [5.41, 5.74) is 1.66. The van der Waals surface area contributed by atoms with E-state index in [4.69, 9.17) is 14.2 Å². The molecule has 1 fully saturated rings. The van der Waals surface area contributed by atoms with E-state index in [1.165, 1.54) is 12.8 Å². The number of allylic oxidation sites excluding steroid dienone is 1. The van der Waals surface area contributed by atoms with Crippen LogP contribution >= 0.6 is 0 Å². The molecular formula is C23H32N2O5. The molecule has 0 unspecified atom stereocenters. The predicted molar refractivity (Wildman–Crippen MR) is 113 cm³/mol. The first-order chi connectivity index (χ1) is 14.5. The molecule has 3 rings (SSSR count). The van der Waals surface area contributed by atoms with Crippen molar-refractivity contribution in [3.8, 4) is 11.5 Å². The van der Waals surface area contributed by atoms with Crippen LogP contribution in [-0.4, -0.2) is 31.8 Å². The van der Waals surface area contributed by atoms with Crippen molar-refractivity contribution >= 4 is 12.0 Å². The molecule has 7 heteroatoms. The molecule has 0 saturated heterocycles. The van der Waals surface area contributed by atoms with E-state index in [-0.39, 0.29) is 18.1 Å². The van der Waals surface area contributed by atoms with Crippen LogP contribution < -0.4 is 20.1 Å². The third-order valence-electron chi connectivity index (χ3n) is 5.55. The van der Waals surface area contributed by atoms with Crippen LogP contribution in [0.2, 0.25) is 0 Å². The molecule has 1 saturated carbocycles. The molecule has 0 spiro atoms. The van der Waals surface area contributed by atoms with Gasteiger partial charge in [0.15, 0.2) is 11.5 Å². The lowest BCUT2D eigenvalue weighted by atomic mass is 9.95. The quantitative estimate of drug-likeness (QED) is 0.509. The van der Waals surface area contributed by atoms with Crippen molar-refractivity contribution in [1.82, 2.24) is 10.6 Å². The fourth-order valence-electron chi connectivity index (χ4n) is 3.98. The van der Waals surface area contributed by atoms with Crippen LogP contribution in [-0.2, 0) is 9.53 Å². The maximum Gasteiger partial charge on any atom is 0.338 e. The molecule has 1 atom stereocenters. The van der Waals surface area contributed by atoms with Gasteiger partial charge in [-0.25, -0.2) is 9.59 Å². The Morgan fingerprint density at radius 1 is 1.13 bits per heavy atom. The second kappa shape index (κ2) is 10.4. The molecule has 2 aliphatic rings. The highest BCUT2D eigenvalue weighted by Crippen LogP contribution is 2.35. The number of carbonyl (C=O) groups is 2. The topological polar surface area (TPSA) is 85.9 Å². The number of carbonyl (C=O) groups excluding carboxylic acids is 2. The minimum Gasteiger partial charge on any atom is -0.493 e. The van der Waals surface area contributed by atoms with Crippen molar-refractivity contribution in [2.75, 3.05) is 13.7 Å². The summed E-state index contributed by atoms with van der Waals surface area (Å²) in [4.78, 5) is 25.3. The highest BCUT2D eigenvalue weighted by Gasteiger charge is 2.34. The van der Waals surface area contributed by atoms with Gasteiger partial charge in [0.1, 0.15) is 6.10 Å². The first-order valence-corrected chi connectivity index (χ1v) is 10.8. The van der Waals surface area contributed by atoms with E-state index >= 15 is 0 Å². The van der Waals surface area contributed by atoms with E-state index in [2.05, 4.69) is 10.6 Å². The van der Waals surface area contributed by atoms with Crippen LogP contribution in [0.25, 0.3) is 0 Å². The lowest BCUT2D eigenvalue weighted by Gasteiger charge is -2.29. The molecule has 1 aliphatic heterocycles. The highest BCUT2D eigenvalue weighted by molar-refractivity contribution is 5.95. The molecule has 1 aliphatic carbocycles. The number of ether oxygens (including phenoxy) is 3. The van der Waals surface area contributed by atoms with Crippen molar-refractivity contribution in [1.29, 1.82) is 0 Å². The molecule has 0 radical (unpaired) electrons. The van der Waals surface area contributed by atoms with Crippen molar-refractivity contribution in [2.24, 2.45) is 0 Å². The number of urea groups is 1.